The van der Waals surface area contributed by atoms with Gasteiger partial charge in [0.15, 0.2) is 5.82 Å². The Morgan fingerprint density at radius 3 is 2.58 bits per heavy atom. The van der Waals surface area contributed by atoms with E-state index in [1.54, 1.807) is 30.3 Å². The normalized spacial score (nSPS) is 10.2. The third-order valence-corrected chi connectivity index (χ3v) is 3.82. The maximum absolute atomic E-state index is 13.6. The minimum atomic E-state index is -0.670. The fraction of sp³-hybridized carbons (Fsp3) is 0. The van der Waals surface area contributed by atoms with Crippen LogP contribution in [0, 0.1) is 5.82 Å². The number of rotatable bonds is 5. The Morgan fingerprint density at radius 2 is 1.85 bits per heavy atom. The first-order valence-corrected chi connectivity index (χ1v) is 8.18. The van der Waals surface area contributed by atoms with Gasteiger partial charge < -0.3 is 10.5 Å². The predicted molar refractivity (Wildman–Crippen MR) is 98.1 cm³/mol. The molecule has 4 N–H and O–H groups in total. The average molecular weight is 418 g/mol. The highest BCUT2D eigenvalue weighted by Gasteiger charge is 2.14. The zero-order valence-electron chi connectivity index (χ0n) is 13.2. The Labute approximate surface area is 156 Å². The van der Waals surface area contributed by atoms with Gasteiger partial charge in [-0.25, -0.2) is 9.37 Å². The van der Waals surface area contributed by atoms with Gasteiger partial charge in [0.1, 0.15) is 23.6 Å². The van der Waals surface area contributed by atoms with E-state index in [0.717, 1.165) is 4.47 Å². The van der Waals surface area contributed by atoms with Crippen molar-refractivity contribution in [1.29, 1.82) is 0 Å². The van der Waals surface area contributed by atoms with Crippen LogP contribution in [0.25, 0.3) is 0 Å². The first-order chi connectivity index (χ1) is 12.5. The third kappa shape index (κ3) is 4.06. The highest BCUT2D eigenvalue weighted by molar-refractivity contribution is 9.10. The average Bonchev–Trinajstić information content (AvgIpc) is 2.64. The van der Waals surface area contributed by atoms with Gasteiger partial charge in [-0.05, 0) is 36.4 Å². The van der Waals surface area contributed by atoms with E-state index < -0.39 is 11.7 Å². The van der Waals surface area contributed by atoms with Crippen molar-refractivity contribution in [3.05, 3.63) is 70.7 Å². The molecule has 1 amide bonds. The molecule has 0 fully saturated rings. The van der Waals surface area contributed by atoms with Gasteiger partial charge in [0.05, 0.1) is 5.56 Å². The number of aromatic nitrogens is 2. The SMILES string of the molecule is Nc1c(NNC(=O)c2ccccc2F)ncnc1Oc1ccc(Br)cc1. The molecule has 3 rings (SSSR count). The second-order valence-electron chi connectivity index (χ2n) is 5.06. The summed E-state index contributed by atoms with van der Waals surface area (Å²) in [4.78, 5) is 19.9. The van der Waals surface area contributed by atoms with E-state index in [0.29, 0.717) is 5.75 Å². The van der Waals surface area contributed by atoms with E-state index in [9.17, 15) is 9.18 Å². The molecule has 0 aliphatic rings. The Kier molecular flexibility index (Phi) is 5.28. The minimum Gasteiger partial charge on any atom is -0.437 e. The first-order valence-electron chi connectivity index (χ1n) is 7.39. The number of ether oxygens (including phenoxy) is 1. The number of anilines is 2. The standard InChI is InChI=1S/C17H13BrFN5O2/c18-10-5-7-11(8-6-10)26-17-14(20)15(21-9-22-17)23-24-16(25)12-3-1-2-4-13(12)19/h1-9H,20H2,(H,24,25)(H,21,22,23). The molecule has 0 aliphatic carbocycles. The number of hydrazine groups is 1. The minimum absolute atomic E-state index is 0.0873. The van der Waals surface area contributed by atoms with Crippen LogP contribution >= 0.6 is 15.9 Å². The van der Waals surface area contributed by atoms with Crippen LogP contribution in [0.1, 0.15) is 10.4 Å². The van der Waals surface area contributed by atoms with Crippen LogP contribution in [-0.2, 0) is 0 Å². The summed E-state index contributed by atoms with van der Waals surface area (Å²) < 4.78 is 20.1. The van der Waals surface area contributed by atoms with E-state index in [4.69, 9.17) is 10.5 Å². The number of nitrogens with two attached hydrogens (primary N) is 1. The van der Waals surface area contributed by atoms with Gasteiger partial charge in [0.2, 0.25) is 5.88 Å². The molecule has 0 radical (unpaired) electrons. The zero-order chi connectivity index (χ0) is 18.5. The molecule has 0 spiro atoms. The van der Waals surface area contributed by atoms with Crippen LogP contribution in [0.3, 0.4) is 0 Å². The number of nitrogens with one attached hydrogen (secondary N) is 2. The Balaban J connectivity index is 1.72. The number of nitrogens with zero attached hydrogens (tertiary/aromatic N) is 2. The molecule has 0 saturated carbocycles. The van der Waals surface area contributed by atoms with E-state index in [1.165, 1.54) is 24.5 Å². The molecule has 0 unspecified atom stereocenters. The van der Waals surface area contributed by atoms with Crippen LogP contribution in [0.4, 0.5) is 15.9 Å². The lowest BCUT2D eigenvalue weighted by molar-refractivity contribution is 0.0958. The number of carbonyl (C=O) groups is 1. The van der Waals surface area contributed by atoms with Crippen molar-refractivity contribution in [1.82, 2.24) is 15.4 Å². The molecular weight excluding hydrogens is 405 g/mol. The molecule has 1 aromatic heterocycles. The fourth-order valence-corrected chi connectivity index (χ4v) is 2.27. The van der Waals surface area contributed by atoms with Crippen molar-refractivity contribution in [3.8, 4) is 11.6 Å². The molecule has 7 nitrogen and oxygen atoms in total. The highest BCUT2D eigenvalue weighted by Crippen LogP contribution is 2.29. The lowest BCUT2D eigenvalue weighted by atomic mass is 10.2. The number of hydrogen-bond donors (Lipinski definition) is 3. The third-order valence-electron chi connectivity index (χ3n) is 3.29. The Bertz CT molecular complexity index is 937. The Hall–Kier alpha value is -3.20. The molecule has 0 bridgehead atoms. The van der Waals surface area contributed by atoms with Gasteiger partial charge in [0, 0.05) is 4.47 Å². The molecule has 0 atom stereocenters. The van der Waals surface area contributed by atoms with Crippen molar-refractivity contribution < 1.29 is 13.9 Å². The number of amides is 1. The van der Waals surface area contributed by atoms with Crippen LogP contribution in [0.2, 0.25) is 0 Å². The van der Waals surface area contributed by atoms with E-state index >= 15 is 0 Å². The molecule has 0 aliphatic heterocycles. The summed E-state index contributed by atoms with van der Waals surface area (Å²) in [7, 11) is 0. The summed E-state index contributed by atoms with van der Waals surface area (Å²) in [5.41, 5.74) is 10.8. The maximum atomic E-state index is 13.6. The second-order valence-corrected chi connectivity index (χ2v) is 5.97. The van der Waals surface area contributed by atoms with Gasteiger partial charge in [-0.3, -0.25) is 15.6 Å². The topological polar surface area (TPSA) is 102 Å². The van der Waals surface area contributed by atoms with Crippen LogP contribution in [0.5, 0.6) is 11.6 Å². The second kappa shape index (κ2) is 7.79. The summed E-state index contributed by atoms with van der Waals surface area (Å²) in [6.07, 6.45) is 1.22. The summed E-state index contributed by atoms with van der Waals surface area (Å²) in [6, 6.07) is 12.7. The molecule has 0 saturated heterocycles. The fourth-order valence-electron chi connectivity index (χ4n) is 2.00. The molecule has 1 heterocycles. The van der Waals surface area contributed by atoms with Gasteiger partial charge in [0.25, 0.3) is 5.91 Å². The lowest BCUT2D eigenvalue weighted by Crippen LogP contribution is -2.31. The van der Waals surface area contributed by atoms with Gasteiger partial charge in [-0.15, -0.1) is 0 Å². The smallest absolute Gasteiger partial charge is 0.272 e. The number of benzene rings is 2. The molecule has 3 aromatic rings. The molecule has 2 aromatic carbocycles. The van der Waals surface area contributed by atoms with Crippen molar-refractivity contribution >= 4 is 33.3 Å². The number of halogens is 2. The molecule has 132 valence electrons. The van der Waals surface area contributed by atoms with E-state index in [2.05, 4.69) is 36.7 Å². The lowest BCUT2D eigenvalue weighted by Gasteiger charge is -2.12. The summed E-state index contributed by atoms with van der Waals surface area (Å²) >= 11 is 3.33. The summed E-state index contributed by atoms with van der Waals surface area (Å²) in [6.45, 7) is 0. The number of carbonyl (C=O) groups excluding carboxylic acids is 1. The summed E-state index contributed by atoms with van der Waals surface area (Å²) in [5, 5.41) is 0. The van der Waals surface area contributed by atoms with E-state index in [-0.39, 0.29) is 22.9 Å². The van der Waals surface area contributed by atoms with Crippen LogP contribution in [-0.4, -0.2) is 15.9 Å². The Morgan fingerprint density at radius 1 is 1.12 bits per heavy atom. The van der Waals surface area contributed by atoms with Crippen LogP contribution < -0.4 is 21.3 Å². The van der Waals surface area contributed by atoms with Crippen LogP contribution in [0.15, 0.2) is 59.3 Å². The van der Waals surface area contributed by atoms with E-state index in [1.807, 2.05) is 0 Å². The van der Waals surface area contributed by atoms with Crippen molar-refractivity contribution in [3.63, 3.8) is 0 Å². The van der Waals surface area contributed by atoms with Gasteiger partial charge in [-0.1, -0.05) is 28.1 Å². The van der Waals surface area contributed by atoms with Gasteiger partial charge in [-0.2, -0.15) is 4.98 Å². The van der Waals surface area contributed by atoms with Crippen molar-refractivity contribution in [2.24, 2.45) is 0 Å². The maximum Gasteiger partial charge on any atom is 0.272 e. The largest absolute Gasteiger partial charge is 0.437 e. The molecule has 26 heavy (non-hydrogen) atoms. The zero-order valence-corrected chi connectivity index (χ0v) is 14.8. The quantitative estimate of drug-likeness (QED) is 0.549. The predicted octanol–water partition coefficient (Wildman–Crippen LogP) is 3.51. The van der Waals surface area contributed by atoms with Gasteiger partial charge >= 0.3 is 0 Å². The molecular formula is C17H13BrFN5O2. The number of hydrogen-bond acceptors (Lipinski definition) is 6. The monoisotopic (exact) mass is 417 g/mol. The molecule has 9 heteroatoms. The van der Waals surface area contributed by atoms with Crippen molar-refractivity contribution in [2.45, 2.75) is 0 Å². The number of nitrogen functional groups attached to an aromatic ring is 1. The van der Waals surface area contributed by atoms with Crippen molar-refractivity contribution in [2.75, 3.05) is 11.2 Å². The highest BCUT2D eigenvalue weighted by atomic mass is 79.9. The first kappa shape index (κ1) is 17.6. The summed E-state index contributed by atoms with van der Waals surface area (Å²) in [5.74, 6) is -0.542.